The summed E-state index contributed by atoms with van der Waals surface area (Å²) in [4.78, 5) is 27.4. The fraction of sp³-hybridized carbons (Fsp3) is 0.250. The van der Waals surface area contributed by atoms with E-state index < -0.39 is 0 Å². The molecular formula is C24H22N4O2S2. The summed E-state index contributed by atoms with van der Waals surface area (Å²) in [5, 5.41) is 25.6. The standard InChI is InChI=1S/C24H22N4O2S2/c1-5-17-13(3)31-23(19(17)11-25)27-21(29)15-7-9-16(10-8-15)22(30)28-24-20(12-26)18(6-2)14(4)32-24/h7-10H,5-6H2,1-4H3,(H,27,29)(H,28,30). The fourth-order valence-corrected chi connectivity index (χ4v) is 5.73. The number of aryl methyl sites for hydroxylation is 2. The summed E-state index contributed by atoms with van der Waals surface area (Å²) in [5.41, 5.74) is 3.67. The average molecular weight is 463 g/mol. The molecule has 2 N–H and O–H groups in total. The number of hydrogen-bond donors (Lipinski definition) is 2. The predicted octanol–water partition coefficient (Wildman–Crippen LogP) is 5.80. The Kier molecular flexibility index (Phi) is 7.09. The van der Waals surface area contributed by atoms with E-state index in [-0.39, 0.29) is 11.8 Å². The van der Waals surface area contributed by atoms with E-state index in [0.29, 0.717) is 32.3 Å². The van der Waals surface area contributed by atoms with Gasteiger partial charge in [0.15, 0.2) is 0 Å². The highest BCUT2D eigenvalue weighted by Gasteiger charge is 2.19. The Hall–Kier alpha value is -3.46. The molecule has 8 heteroatoms. The summed E-state index contributed by atoms with van der Waals surface area (Å²) in [5.74, 6) is -0.684. The van der Waals surface area contributed by atoms with E-state index in [1.54, 1.807) is 24.3 Å². The lowest BCUT2D eigenvalue weighted by Crippen LogP contribution is -2.14. The average Bonchev–Trinajstić information content (AvgIpc) is 3.26. The van der Waals surface area contributed by atoms with Crippen molar-refractivity contribution in [2.75, 3.05) is 10.6 Å². The van der Waals surface area contributed by atoms with Crippen molar-refractivity contribution in [3.05, 3.63) is 67.4 Å². The van der Waals surface area contributed by atoms with Gasteiger partial charge in [-0.1, -0.05) is 13.8 Å². The molecule has 0 radical (unpaired) electrons. The lowest BCUT2D eigenvalue weighted by atomic mass is 10.1. The second-order valence-corrected chi connectivity index (χ2v) is 9.55. The molecule has 0 aliphatic rings. The molecular weight excluding hydrogens is 440 g/mol. The minimum Gasteiger partial charge on any atom is -0.312 e. The molecule has 32 heavy (non-hydrogen) atoms. The van der Waals surface area contributed by atoms with Crippen LogP contribution in [0.5, 0.6) is 0 Å². The highest BCUT2D eigenvalue weighted by molar-refractivity contribution is 7.17. The molecule has 162 valence electrons. The molecule has 3 rings (SSSR count). The zero-order valence-corrected chi connectivity index (χ0v) is 19.9. The molecule has 2 aromatic heterocycles. The number of nitriles is 2. The Labute approximate surface area is 195 Å². The highest BCUT2D eigenvalue weighted by Crippen LogP contribution is 2.34. The van der Waals surface area contributed by atoms with Crippen LogP contribution in [0, 0.1) is 36.5 Å². The van der Waals surface area contributed by atoms with Crippen LogP contribution in [0.2, 0.25) is 0 Å². The highest BCUT2D eigenvalue weighted by atomic mass is 32.1. The molecule has 0 atom stereocenters. The van der Waals surface area contributed by atoms with Gasteiger partial charge in [-0.3, -0.25) is 9.59 Å². The van der Waals surface area contributed by atoms with Crippen LogP contribution >= 0.6 is 22.7 Å². The SMILES string of the molecule is CCc1c(C)sc(NC(=O)c2ccc(C(=O)Nc3sc(C)c(CC)c3C#N)cc2)c1C#N. The Balaban J connectivity index is 1.76. The van der Waals surface area contributed by atoms with Crippen molar-refractivity contribution in [2.45, 2.75) is 40.5 Å². The molecule has 2 heterocycles. The zero-order valence-electron chi connectivity index (χ0n) is 18.3. The van der Waals surface area contributed by atoms with Crippen molar-refractivity contribution in [1.82, 2.24) is 0 Å². The molecule has 2 amide bonds. The van der Waals surface area contributed by atoms with E-state index in [1.165, 1.54) is 22.7 Å². The van der Waals surface area contributed by atoms with Crippen LogP contribution in [0.4, 0.5) is 10.0 Å². The molecule has 0 spiro atoms. The first-order valence-electron chi connectivity index (χ1n) is 10.1. The summed E-state index contributed by atoms with van der Waals surface area (Å²) in [6.45, 7) is 7.82. The number of nitrogens with one attached hydrogen (secondary N) is 2. The van der Waals surface area contributed by atoms with Gasteiger partial charge in [0.25, 0.3) is 11.8 Å². The van der Waals surface area contributed by atoms with E-state index in [0.717, 1.165) is 33.7 Å². The van der Waals surface area contributed by atoms with Gasteiger partial charge in [0.1, 0.15) is 22.1 Å². The largest absolute Gasteiger partial charge is 0.312 e. The van der Waals surface area contributed by atoms with Gasteiger partial charge in [-0.2, -0.15) is 10.5 Å². The smallest absolute Gasteiger partial charge is 0.256 e. The predicted molar refractivity (Wildman–Crippen MR) is 129 cm³/mol. The maximum atomic E-state index is 12.7. The second kappa shape index (κ2) is 9.78. The first-order valence-corrected chi connectivity index (χ1v) is 11.7. The summed E-state index contributed by atoms with van der Waals surface area (Å²) < 4.78 is 0. The third kappa shape index (κ3) is 4.43. The Morgan fingerprint density at radius 1 is 0.781 bits per heavy atom. The molecule has 0 bridgehead atoms. The van der Waals surface area contributed by atoms with Gasteiger partial charge < -0.3 is 10.6 Å². The van der Waals surface area contributed by atoms with Crippen molar-refractivity contribution in [2.24, 2.45) is 0 Å². The number of benzene rings is 1. The summed E-state index contributed by atoms with van der Waals surface area (Å²) in [6.07, 6.45) is 1.45. The number of carbonyl (C=O) groups excluding carboxylic acids is 2. The van der Waals surface area contributed by atoms with Crippen molar-refractivity contribution >= 4 is 44.5 Å². The molecule has 0 fully saturated rings. The molecule has 1 aromatic carbocycles. The third-order valence-electron chi connectivity index (χ3n) is 5.21. The quantitative estimate of drug-likeness (QED) is 0.483. The lowest BCUT2D eigenvalue weighted by Gasteiger charge is -2.06. The molecule has 0 aliphatic carbocycles. The number of nitrogens with zero attached hydrogens (tertiary/aromatic N) is 2. The maximum Gasteiger partial charge on any atom is 0.256 e. The van der Waals surface area contributed by atoms with Gasteiger partial charge in [-0.05, 0) is 62.1 Å². The minimum atomic E-state index is -0.342. The molecule has 0 saturated carbocycles. The number of rotatable bonds is 6. The van der Waals surface area contributed by atoms with Gasteiger partial charge in [0, 0.05) is 20.9 Å². The van der Waals surface area contributed by atoms with Crippen LogP contribution in [0.25, 0.3) is 0 Å². The van der Waals surface area contributed by atoms with Gasteiger partial charge >= 0.3 is 0 Å². The van der Waals surface area contributed by atoms with Crippen LogP contribution in [0.3, 0.4) is 0 Å². The van der Waals surface area contributed by atoms with Gasteiger partial charge in [-0.25, -0.2) is 0 Å². The first kappa shape index (κ1) is 23.2. The Morgan fingerprint density at radius 2 is 1.12 bits per heavy atom. The zero-order chi connectivity index (χ0) is 23.4. The fourth-order valence-electron chi connectivity index (χ4n) is 3.55. The van der Waals surface area contributed by atoms with Crippen molar-refractivity contribution in [1.29, 1.82) is 10.5 Å². The summed E-state index contributed by atoms with van der Waals surface area (Å²) in [7, 11) is 0. The van der Waals surface area contributed by atoms with E-state index in [9.17, 15) is 20.1 Å². The maximum absolute atomic E-state index is 12.7. The van der Waals surface area contributed by atoms with Crippen LogP contribution in [-0.4, -0.2) is 11.8 Å². The van der Waals surface area contributed by atoms with Gasteiger partial charge in [0.2, 0.25) is 0 Å². The van der Waals surface area contributed by atoms with Crippen LogP contribution in [-0.2, 0) is 12.8 Å². The Morgan fingerprint density at radius 3 is 1.41 bits per heavy atom. The number of amides is 2. The van der Waals surface area contributed by atoms with E-state index in [4.69, 9.17) is 0 Å². The van der Waals surface area contributed by atoms with Crippen LogP contribution in [0.1, 0.15) is 66.6 Å². The topological polar surface area (TPSA) is 106 Å². The monoisotopic (exact) mass is 462 g/mol. The second-order valence-electron chi connectivity index (χ2n) is 7.10. The Bertz CT molecular complexity index is 1170. The molecule has 0 aliphatic heterocycles. The van der Waals surface area contributed by atoms with Gasteiger partial charge in [0.05, 0.1) is 11.1 Å². The lowest BCUT2D eigenvalue weighted by molar-refractivity contribution is 0.101. The normalized spacial score (nSPS) is 10.3. The number of carbonyl (C=O) groups is 2. The van der Waals surface area contributed by atoms with Crippen LogP contribution in [0.15, 0.2) is 24.3 Å². The minimum absolute atomic E-state index is 0.342. The first-order chi connectivity index (χ1) is 15.3. The molecule has 0 saturated heterocycles. The van der Waals surface area contributed by atoms with E-state index in [1.807, 2.05) is 27.7 Å². The number of hydrogen-bond acceptors (Lipinski definition) is 6. The summed E-state index contributed by atoms with van der Waals surface area (Å²) in [6, 6.07) is 10.6. The van der Waals surface area contributed by atoms with Crippen molar-refractivity contribution in [3.63, 3.8) is 0 Å². The van der Waals surface area contributed by atoms with Crippen molar-refractivity contribution < 1.29 is 9.59 Å². The van der Waals surface area contributed by atoms with Gasteiger partial charge in [-0.15, -0.1) is 22.7 Å². The molecule has 0 unspecified atom stereocenters. The van der Waals surface area contributed by atoms with Crippen LogP contribution < -0.4 is 10.6 Å². The number of anilines is 2. The van der Waals surface area contributed by atoms with E-state index >= 15 is 0 Å². The van der Waals surface area contributed by atoms with E-state index in [2.05, 4.69) is 22.8 Å². The third-order valence-corrected chi connectivity index (χ3v) is 7.34. The number of thiophene rings is 2. The molecule has 3 aromatic rings. The molecule has 6 nitrogen and oxygen atoms in total. The van der Waals surface area contributed by atoms with Crippen molar-refractivity contribution in [3.8, 4) is 12.1 Å². The summed E-state index contributed by atoms with van der Waals surface area (Å²) >= 11 is 2.77.